The molecule has 1 aromatic rings. The first kappa shape index (κ1) is 18.8. The standard InChI is InChI=1S/C23H20N4O2/c1-2-29-18-8-6-16(7-9-18)20-21(22(28)17-4-5-17)27-12-15(11-24)3-10-19(27)23(20,13-25)14-26/h3,6-10,12,17,19-21H,2,4-5H2,1H3/t19-,20+,21+/m1/s1. The highest BCUT2D eigenvalue weighted by molar-refractivity contribution is 5.90. The van der Waals surface area contributed by atoms with Gasteiger partial charge < -0.3 is 9.64 Å². The molecule has 0 unspecified atom stereocenters. The van der Waals surface area contributed by atoms with Crippen LogP contribution < -0.4 is 4.74 Å². The van der Waals surface area contributed by atoms with Gasteiger partial charge in [0, 0.05) is 18.0 Å². The van der Waals surface area contributed by atoms with Crippen molar-refractivity contribution in [2.45, 2.75) is 37.8 Å². The third-order valence-electron chi connectivity index (χ3n) is 5.98. The molecule has 2 aliphatic heterocycles. The highest BCUT2D eigenvalue weighted by Crippen LogP contribution is 2.54. The minimum Gasteiger partial charge on any atom is -0.494 e. The predicted molar refractivity (Wildman–Crippen MR) is 104 cm³/mol. The van der Waals surface area contributed by atoms with Gasteiger partial charge in [0.15, 0.2) is 11.2 Å². The van der Waals surface area contributed by atoms with Crippen molar-refractivity contribution in [2.75, 3.05) is 6.61 Å². The van der Waals surface area contributed by atoms with Gasteiger partial charge in [-0.05, 0) is 43.5 Å². The van der Waals surface area contributed by atoms with Crippen molar-refractivity contribution in [1.29, 1.82) is 15.8 Å². The summed E-state index contributed by atoms with van der Waals surface area (Å²) >= 11 is 0. The molecule has 0 amide bonds. The molecule has 3 atom stereocenters. The Morgan fingerprint density at radius 1 is 1.21 bits per heavy atom. The zero-order chi connectivity index (χ0) is 20.6. The molecule has 0 bridgehead atoms. The van der Waals surface area contributed by atoms with Crippen molar-refractivity contribution in [3.63, 3.8) is 0 Å². The maximum Gasteiger partial charge on any atom is 0.176 e. The normalized spacial score (nSPS) is 26.5. The second kappa shape index (κ2) is 7.12. The van der Waals surface area contributed by atoms with E-state index >= 15 is 0 Å². The maximum atomic E-state index is 13.3. The summed E-state index contributed by atoms with van der Waals surface area (Å²) in [4.78, 5) is 15.1. The molecule has 1 saturated heterocycles. The Bertz CT molecular complexity index is 1000. The number of carbonyl (C=O) groups excluding carboxylic acids is 1. The summed E-state index contributed by atoms with van der Waals surface area (Å²) in [7, 11) is 0. The van der Waals surface area contributed by atoms with Crippen LogP contribution in [0.25, 0.3) is 0 Å². The number of allylic oxidation sites excluding steroid dienone is 2. The van der Waals surface area contributed by atoms with Crippen LogP contribution in [0.15, 0.2) is 48.2 Å². The van der Waals surface area contributed by atoms with Crippen LogP contribution in [-0.2, 0) is 4.79 Å². The van der Waals surface area contributed by atoms with Gasteiger partial charge in [0.05, 0.1) is 36.4 Å². The summed E-state index contributed by atoms with van der Waals surface area (Å²) in [5.41, 5.74) is -0.270. The maximum absolute atomic E-state index is 13.3. The summed E-state index contributed by atoms with van der Waals surface area (Å²) in [6.07, 6.45) is 6.64. The van der Waals surface area contributed by atoms with Gasteiger partial charge in [-0.25, -0.2) is 0 Å². The molecule has 1 saturated carbocycles. The monoisotopic (exact) mass is 384 g/mol. The van der Waals surface area contributed by atoms with E-state index in [9.17, 15) is 20.6 Å². The fourth-order valence-electron chi connectivity index (χ4n) is 4.49. The van der Waals surface area contributed by atoms with Crippen molar-refractivity contribution in [1.82, 2.24) is 4.90 Å². The summed E-state index contributed by atoms with van der Waals surface area (Å²) in [5.74, 6) is 0.0855. The Morgan fingerprint density at radius 2 is 1.90 bits per heavy atom. The first-order chi connectivity index (χ1) is 14.1. The molecule has 1 aromatic carbocycles. The van der Waals surface area contributed by atoms with Crippen LogP contribution in [0.5, 0.6) is 5.75 Å². The molecule has 2 fully saturated rings. The molecule has 0 radical (unpaired) electrons. The van der Waals surface area contributed by atoms with E-state index < -0.39 is 23.4 Å². The van der Waals surface area contributed by atoms with Crippen LogP contribution in [-0.4, -0.2) is 29.4 Å². The number of nitrogens with zero attached hydrogens (tertiary/aromatic N) is 4. The van der Waals surface area contributed by atoms with Gasteiger partial charge in [-0.2, -0.15) is 15.8 Å². The lowest BCUT2D eigenvalue weighted by Crippen LogP contribution is -2.40. The van der Waals surface area contributed by atoms with Crippen molar-refractivity contribution >= 4 is 5.78 Å². The van der Waals surface area contributed by atoms with Crippen molar-refractivity contribution in [2.24, 2.45) is 11.3 Å². The number of ketones is 1. The van der Waals surface area contributed by atoms with Gasteiger partial charge in [0.1, 0.15) is 11.8 Å². The molecule has 0 spiro atoms. The number of Topliss-reactive ketones (excluding diaryl/α,β-unsaturated/α-hetero) is 1. The number of carbonyl (C=O) groups is 1. The van der Waals surface area contributed by atoms with E-state index in [4.69, 9.17) is 4.74 Å². The number of benzene rings is 1. The molecule has 6 nitrogen and oxygen atoms in total. The van der Waals surface area contributed by atoms with Crippen LogP contribution >= 0.6 is 0 Å². The van der Waals surface area contributed by atoms with E-state index in [1.54, 1.807) is 35.4 Å². The van der Waals surface area contributed by atoms with E-state index in [0.717, 1.165) is 18.4 Å². The molecule has 144 valence electrons. The zero-order valence-electron chi connectivity index (χ0n) is 16.1. The summed E-state index contributed by atoms with van der Waals surface area (Å²) in [5, 5.41) is 29.6. The molecular formula is C23H20N4O2. The second-order valence-corrected chi connectivity index (χ2v) is 7.64. The van der Waals surface area contributed by atoms with Crippen molar-refractivity contribution in [3.05, 3.63) is 53.8 Å². The fourth-order valence-corrected chi connectivity index (χ4v) is 4.49. The first-order valence-electron chi connectivity index (χ1n) is 9.76. The quantitative estimate of drug-likeness (QED) is 0.773. The van der Waals surface area contributed by atoms with Crippen LogP contribution in [0.3, 0.4) is 0 Å². The lowest BCUT2D eigenvalue weighted by atomic mass is 9.69. The molecule has 2 heterocycles. The minimum atomic E-state index is -1.43. The van der Waals surface area contributed by atoms with Crippen molar-refractivity contribution in [3.8, 4) is 24.0 Å². The summed E-state index contributed by atoms with van der Waals surface area (Å²) < 4.78 is 5.51. The Hall–Kier alpha value is -3.56. The third kappa shape index (κ3) is 2.87. The Balaban J connectivity index is 1.87. The van der Waals surface area contributed by atoms with Gasteiger partial charge in [-0.15, -0.1) is 0 Å². The lowest BCUT2D eigenvalue weighted by Gasteiger charge is -2.30. The second-order valence-electron chi connectivity index (χ2n) is 7.64. The first-order valence-corrected chi connectivity index (χ1v) is 9.76. The van der Waals surface area contributed by atoms with E-state index in [1.807, 2.05) is 19.1 Å². The Morgan fingerprint density at radius 3 is 2.45 bits per heavy atom. The van der Waals surface area contributed by atoms with E-state index in [-0.39, 0.29) is 11.7 Å². The molecule has 1 aliphatic carbocycles. The molecule has 6 heteroatoms. The number of hydrogen-bond acceptors (Lipinski definition) is 6. The average Bonchev–Trinajstić information content (AvgIpc) is 3.56. The highest BCUT2D eigenvalue weighted by atomic mass is 16.5. The van der Waals surface area contributed by atoms with Crippen LogP contribution in [0, 0.1) is 45.3 Å². The topological polar surface area (TPSA) is 101 Å². The average molecular weight is 384 g/mol. The summed E-state index contributed by atoms with van der Waals surface area (Å²) in [6, 6.07) is 12.6. The summed E-state index contributed by atoms with van der Waals surface area (Å²) in [6.45, 7) is 2.43. The molecule has 0 N–H and O–H groups in total. The number of rotatable bonds is 5. The smallest absolute Gasteiger partial charge is 0.176 e. The fraction of sp³-hybridized carbons (Fsp3) is 0.391. The van der Waals surface area contributed by atoms with Crippen molar-refractivity contribution < 1.29 is 9.53 Å². The number of fused-ring (bicyclic) bond motifs is 1. The largest absolute Gasteiger partial charge is 0.494 e. The number of hydrogen-bond donors (Lipinski definition) is 0. The SMILES string of the molecule is CCOc1ccc([C@H]2[C@@H](C(=O)C3CC3)N3C=C(C#N)C=C[C@@H]3C2(C#N)C#N)cc1. The predicted octanol–water partition coefficient (Wildman–Crippen LogP) is 3.21. The lowest BCUT2D eigenvalue weighted by molar-refractivity contribution is -0.124. The Kier molecular flexibility index (Phi) is 4.61. The number of ether oxygens (including phenoxy) is 1. The van der Waals surface area contributed by atoms with Crippen LogP contribution in [0.1, 0.15) is 31.2 Å². The molecule has 3 aliphatic rings. The van der Waals surface area contributed by atoms with Crippen LogP contribution in [0.2, 0.25) is 0 Å². The highest BCUT2D eigenvalue weighted by Gasteiger charge is 2.63. The van der Waals surface area contributed by atoms with Gasteiger partial charge in [0.25, 0.3) is 0 Å². The molecular weight excluding hydrogens is 364 g/mol. The van der Waals surface area contributed by atoms with E-state index in [0.29, 0.717) is 17.9 Å². The molecule has 29 heavy (non-hydrogen) atoms. The third-order valence-corrected chi connectivity index (χ3v) is 5.98. The van der Waals surface area contributed by atoms with Gasteiger partial charge in [-0.1, -0.05) is 18.2 Å². The van der Waals surface area contributed by atoms with E-state index in [1.165, 1.54) is 0 Å². The zero-order valence-corrected chi connectivity index (χ0v) is 16.1. The van der Waals surface area contributed by atoms with Gasteiger partial charge in [0.2, 0.25) is 0 Å². The Labute approximate surface area is 169 Å². The van der Waals surface area contributed by atoms with E-state index in [2.05, 4.69) is 18.2 Å². The van der Waals surface area contributed by atoms with Crippen LogP contribution in [0.4, 0.5) is 0 Å². The molecule has 4 rings (SSSR count). The molecule has 0 aromatic heterocycles. The van der Waals surface area contributed by atoms with Gasteiger partial charge >= 0.3 is 0 Å². The number of nitriles is 3. The minimum absolute atomic E-state index is 0.0381. The van der Waals surface area contributed by atoms with Gasteiger partial charge in [-0.3, -0.25) is 4.79 Å².